The third kappa shape index (κ3) is 4.89. The second kappa shape index (κ2) is 9.67. The number of carbonyl (C=O) groups is 3. The Kier molecular flexibility index (Phi) is 6.98. The first-order valence-electron chi connectivity index (χ1n) is 9.56. The molecule has 1 saturated heterocycles. The summed E-state index contributed by atoms with van der Waals surface area (Å²) < 4.78 is 10.4. The lowest BCUT2D eigenvalue weighted by molar-refractivity contribution is -0.384. The number of morpholine rings is 1. The van der Waals surface area contributed by atoms with Crippen LogP contribution < -0.4 is 5.32 Å². The summed E-state index contributed by atoms with van der Waals surface area (Å²) >= 11 is 0.977. The summed E-state index contributed by atoms with van der Waals surface area (Å²) in [5, 5.41) is 13.8. The molecule has 0 aliphatic carbocycles. The van der Waals surface area contributed by atoms with Crippen molar-refractivity contribution in [2.24, 2.45) is 0 Å². The molecular weight excluding hydrogens is 426 g/mol. The molecule has 31 heavy (non-hydrogen) atoms. The van der Waals surface area contributed by atoms with Crippen molar-refractivity contribution >= 4 is 39.8 Å². The van der Waals surface area contributed by atoms with E-state index in [1.165, 1.54) is 18.2 Å². The Hall–Kier alpha value is -3.31. The predicted octanol–water partition coefficient (Wildman–Crippen LogP) is 2.87. The van der Waals surface area contributed by atoms with Crippen molar-refractivity contribution in [2.75, 3.05) is 38.2 Å². The minimum absolute atomic E-state index is 0.0520. The molecule has 164 valence electrons. The van der Waals surface area contributed by atoms with Gasteiger partial charge in [-0.15, -0.1) is 11.3 Å². The molecule has 3 rings (SSSR count). The Morgan fingerprint density at radius 2 is 2.00 bits per heavy atom. The lowest BCUT2D eigenvalue weighted by Crippen LogP contribution is -2.40. The number of anilines is 1. The summed E-state index contributed by atoms with van der Waals surface area (Å²) in [6.45, 7) is 5.12. The molecule has 0 saturated carbocycles. The van der Waals surface area contributed by atoms with Crippen molar-refractivity contribution in [3.8, 4) is 0 Å². The van der Waals surface area contributed by atoms with Crippen LogP contribution in [0.15, 0.2) is 24.3 Å². The molecule has 11 heteroatoms. The van der Waals surface area contributed by atoms with Gasteiger partial charge in [-0.3, -0.25) is 19.7 Å². The van der Waals surface area contributed by atoms with E-state index in [4.69, 9.17) is 9.47 Å². The monoisotopic (exact) mass is 447 g/mol. The first-order valence-corrected chi connectivity index (χ1v) is 10.4. The van der Waals surface area contributed by atoms with Gasteiger partial charge in [0.15, 0.2) is 0 Å². The first kappa shape index (κ1) is 22.4. The number of benzene rings is 1. The average Bonchev–Trinajstić information content (AvgIpc) is 3.09. The summed E-state index contributed by atoms with van der Waals surface area (Å²) in [5.74, 6) is -1.56. The van der Waals surface area contributed by atoms with E-state index in [2.05, 4.69) is 5.32 Å². The van der Waals surface area contributed by atoms with Gasteiger partial charge in [-0.05, 0) is 25.5 Å². The lowest BCUT2D eigenvalue weighted by Gasteiger charge is -2.26. The molecule has 1 N–H and O–H groups in total. The Morgan fingerprint density at radius 1 is 1.29 bits per heavy atom. The smallest absolute Gasteiger partial charge is 0.341 e. The fourth-order valence-electron chi connectivity index (χ4n) is 3.10. The van der Waals surface area contributed by atoms with Gasteiger partial charge in [-0.25, -0.2) is 4.79 Å². The number of carbonyl (C=O) groups excluding carboxylic acids is 3. The highest BCUT2D eigenvalue weighted by molar-refractivity contribution is 7.18. The summed E-state index contributed by atoms with van der Waals surface area (Å²) in [6.07, 6.45) is 0. The first-order chi connectivity index (χ1) is 14.8. The van der Waals surface area contributed by atoms with Gasteiger partial charge in [0.2, 0.25) is 0 Å². The minimum atomic E-state index is -0.661. The molecule has 1 fully saturated rings. The third-order valence-electron chi connectivity index (χ3n) is 4.67. The highest BCUT2D eigenvalue weighted by Crippen LogP contribution is 2.35. The standard InChI is InChI=1S/C20H21N3O7S/c1-3-30-20(26)15-12(2)16(19(25)22-7-9-29-10-8-22)31-18(15)21-17(24)13-5-4-6-14(11-13)23(27)28/h4-6,11H,3,7-10H2,1-2H3,(H,21,24). The van der Waals surface area contributed by atoms with Crippen LogP contribution in [0.4, 0.5) is 10.7 Å². The van der Waals surface area contributed by atoms with E-state index in [0.29, 0.717) is 36.7 Å². The van der Waals surface area contributed by atoms with E-state index in [-0.39, 0.29) is 34.3 Å². The maximum atomic E-state index is 13.0. The number of nitro groups is 1. The van der Waals surface area contributed by atoms with Gasteiger partial charge < -0.3 is 19.7 Å². The molecule has 0 atom stereocenters. The normalized spacial score (nSPS) is 13.5. The average molecular weight is 447 g/mol. The van der Waals surface area contributed by atoms with Crippen molar-refractivity contribution in [3.63, 3.8) is 0 Å². The van der Waals surface area contributed by atoms with Gasteiger partial charge in [0.25, 0.3) is 17.5 Å². The van der Waals surface area contributed by atoms with E-state index in [0.717, 1.165) is 17.4 Å². The summed E-state index contributed by atoms with van der Waals surface area (Å²) in [4.78, 5) is 50.6. The Balaban J connectivity index is 1.95. The van der Waals surface area contributed by atoms with Crippen LogP contribution in [0, 0.1) is 17.0 Å². The van der Waals surface area contributed by atoms with E-state index in [1.807, 2.05) is 0 Å². The molecule has 2 heterocycles. The fourth-order valence-corrected chi connectivity index (χ4v) is 4.26. The topological polar surface area (TPSA) is 128 Å². The van der Waals surface area contributed by atoms with Gasteiger partial charge >= 0.3 is 5.97 Å². The fraction of sp³-hybridized carbons (Fsp3) is 0.350. The number of nitro benzene ring substituents is 1. The summed E-state index contributed by atoms with van der Waals surface area (Å²) in [5.41, 5.74) is 0.330. The van der Waals surface area contributed by atoms with Crippen LogP contribution in [0.3, 0.4) is 0 Å². The molecule has 1 aliphatic heterocycles. The van der Waals surface area contributed by atoms with Crippen LogP contribution in [0.25, 0.3) is 0 Å². The highest BCUT2D eigenvalue weighted by Gasteiger charge is 2.29. The van der Waals surface area contributed by atoms with E-state index in [1.54, 1.807) is 18.7 Å². The largest absolute Gasteiger partial charge is 0.462 e. The Morgan fingerprint density at radius 3 is 2.65 bits per heavy atom. The maximum absolute atomic E-state index is 13.0. The van der Waals surface area contributed by atoms with Crippen molar-refractivity contribution < 1.29 is 28.8 Å². The molecule has 0 bridgehead atoms. The second-order valence-corrected chi connectivity index (χ2v) is 7.67. The number of thiophene rings is 1. The van der Waals surface area contributed by atoms with Crippen molar-refractivity contribution in [1.82, 2.24) is 4.90 Å². The van der Waals surface area contributed by atoms with E-state index in [9.17, 15) is 24.5 Å². The van der Waals surface area contributed by atoms with Crippen LogP contribution in [-0.2, 0) is 9.47 Å². The zero-order valence-corrected chi connectivity index (χ0v) is 17.8. The molecule has 2 amide bonds. The summed E-state index contributed by atoms with van der Waals surface area (Å²) in [6, 6.07) is 5.23. The van der Waals surface area contributed by atoms with Crippen LogP contribution in [0.5, 0.6) is 0 Å². The Labute approximate surface area is 181 Å². The molecule has 0 spiro atoms. The molecule has 0 radical (unpaired) electrons. The van der Waals surface area contributed by atoms with Gasteiger partial charge in [-0.1, -0.05) is 6.07 Å². The molecule has 0 unspecified atom stereocenters. The quantitative estimate of drug-likeness (QED) is 0.410. The van der Waals surface area contributed by atoms with Crippen LogP contribution in [-0.4, -0.2) is 60.5 Å². The number of nitrogens with one attached hydrogen (secondary N) is 1. The number of amides is 2. The van der Waals surface area contributed by atoms with Crippen molar-refractivity contribution in [1.29, 1.82) is 0 Å². The third-order valence-corrected chi connectivity index (χ3v) is 5.86. The molecule has 1 aromatic carbocycles. The summed E-state index contributed by atoms with van der Waals surface area (Å²) in [7, 11) is 0. The lowest BCUT2D eigenvalue weighted by atomic mass is 10.1. The van der Waals surface area contributed by atoms with Crippen LogP contribution in [0.2, 0.25) is 0 Å². The van der Waals surface area contributed by atoms with Crippen LogP contribution >= 0.6 is 11.3 Å². The molecule has 1 aromatic heterocycles. The number of hydrogen-bond donors (Lipinski definition) is 1. The number of esters is 1. The molecule has 1 aliphatic rings. The number of non-ortho nitro benzene ring substituents is 1. The van der Waals surface area contributed by atoms with Gasteiger partial charge in [0.05, 0.1) is 35.2 Å². The number of ether oxygens (including phenoxy) is 2. The van der Waals surface area contributed by atoms with Crippen molar-refractivity contribution in [2.45, 2.75) is 13.8 Å². The zero-order valence-electron chi connectivity index (χ0n) is 17.0. The van der Waals surface area contributed by atoms with Gasteiger partial charge in [0.1, 0.15) is 5.00 Å². The van der Waals surface area contributed by atoms with Gasteiger partial charge in [0, 0.05) is 30.8 Å². The maximum Gasteiger partial charge on any atom is 0.341 e. The number of rotatable bonds is 6. The zero-order chi connectivity index (χ0) is 22.5. The predicted molar refractivity (Wildman–Crippen MR) is 113 cm³/mol. The van der Waals surface area contributed by atoms with E-state index >= 15 is 0 Å². The second-order valence-electron chi connectivity index (χ2n) is 6.65. The Bertz CT molecular complexity index is 1030. The van der Waals surface area contributed by atoms with Gasteiger partial charge in [-0.2, -0.15) is 0 Å². The molecular formula is C20H21N3O7S. The van der Waals surface area contributed by atoms with Crippen molar-refractivity contribution in [3.05, 3.63) is 55.9 Å². The number of nitrogens with zero attached hydrogens (tertiary/aromatic N) is 2. The number of hydrogen-bond acceptors (Lipinski definition) is 8. The molecule has 10 nitrogen and oxygen atoms in total. The van der Waals surface area contributed by atoms with Crippen LogP contribution in [0.1, 0.15) is 42.9 Å². The SMILES string of the molecule is CCOC(=O)c1c(NC(=O)c2cccc([N+](=O)[O-])c2)sc(C(=O)N2CCOCC2)c1C. The minimum Gasteiger partial charge on any atom is -0.462 e. The highest BCUT2D eigenvalue weighted by atomic mass is 32.1. The molecule has 2 aromatic rings. The van der Waals surface area contributed by atoms with E-state index < -0.39 is 16.8 Å².